The molecule has 0 unspecified atom stereocenters. The molecule has 7 heteroatoms. The molecule has 0 saturated heterocycles. The molecule has 3 aromatic carbocycles. The second-order valence-corrected chi connectivity index (χ2v) is 8.08. The molecule has 0 atom stereocenters. The minimum absolute atomic E-state index is 0.0180. The first kappa shape index (κ1) is 24.3. The van der Waals surface area contributed by atoms with Gasteiger partial charge in [-0.15, -0.1) is 0 Å². The molecule has 2 N–H and O–H groups in total. The highest BCUT2D eigenvalue weighted by atomic mass is 16.5. The number of H-pyrrole nitrogens is 1. The topological polar surface area (TPSA) is 104 Å². The molecule has 180 valence electrons. The van der Waals surface area contributed by atoms with Gasteiger partial charge >= 0.3 is 5.97 Å². The smallest absolute Gasteiger partial charge is 0.337 e. The predicted octanol–water partition coefficient (Wildman–Crippen LogP) is 4.80. The maximum Gasteiger partial charge on any atom is 0.337 e. The molecule has 0 spiro atoms. The van der Waals surface area contributed by atoms with E-state index >= 15 is 0 Å². The van der Waals surface area contributed by atoms with E-state index in [1.807, 2.05) is 36.5 Å². The van der Waals surface area contributed by atoms with Crippen LogP contribution in [0, 0.1) is 11.3 Å². The number of carbonyl (C=O) groups is 2. The number of amides is 1. The van der Waals surface area contributed by atoms with Gasteiger partial charge in [-0.1, -0.05) is 42.5 Å². The van der Waals surface area contributed by atoms with Crippen LogP contribution in [0.2, 0.25) is 0 Å². The summed E-state index contributed by atoms with van der Waals surface area (Å²) >= 11 is 0. The standard InChI is InChI=1S/C29H25N3O4/c1-35-29(34)22-11-9-20(10-12-22)19-36-25-6-4-5-21(16-25)15-24(17-30)28(33)31-14-13-23-18-32-27-8-3-2-7-26(23)27/h2-12,15-16,18,32H,13-14,19H2,1H3,(H,31,33). The summed E-state index contributed by atoms with van der Waals surface area (Å²) in [5.74, 6) is -0.218. The number of fused-ring (bicyclic) bond motifs is 1. The van der Waals surface area contributed by atoms with E-state index in [9.17, 15) is 14.9 Å². The normalized spacial score (nSPS) is 11.1. The van der Waals surface area contributed by atoms with E-state index < -0.39 is 11.9 Å². The van der Waals surface area contributed by atoms with Gasteiger partial charge in [0.15, 0.2) is 0 Å². The van der Waals surface area contributed by atoms with Crippen LogP contribution in [-0.4, -0.2) is 30.5 Å². The van der Waals surface area contributed by atoms with E-state index in [1.165, 1.54) is 7.11 Å². The maximum atomic E-state index is 12.6. The summed E-state index contributed by atoms with van der Waals surface area (Å²) < 4.78 is 10.5. The van der Waals surface area contributed by atoms with Crippen molar-refractivity contribution in [2.45, 2.75) is 13.0 Å². The summed E-state index contributed by atoms with van der Waals surface area (Å²) in [6.45, 7) is 0.714. The number of hydrogen-bond donors (Lipinski definition) is 2. The second kappa shape index (κ2) is 11.5. The first-order valence-electron chi connectivity index (χ1n) is 11.4. The Kier molecular flexibility index (Phi) is 7.79. The highest BCUT2D eigenvalue weighted by Gasteiger charge is 2.10. The Hall–Kier alpha value is -4.83. The molecule has 0 radical (unpaired) electrons. The van der Waals surface area contributed by atoms with Gasteiger partial charge in [-0.25, -0.2) is 4.79 Å². The Bertz CT molecular complexity index is 1450. The van der Waals surface area contributed by atoms with Crippen molar-refractivity contribution in [3.05, 3.63) is 107 Å². The lowest BCUT2D eigenvalue weighted by atomic mass is 10.1. The number of benzene rings is 3. The second-order valence-electron chi connectivity index (χ2n) is 8.08. The van der Waals surface area contributed by atoms with Crippen LogP contribution in [0.5, 0.6) is 5.75 Å². The Morgan fingerprint density at radius 2 is 1.86 bits per heavy atom. The number of hydrogen-bond acceptors (Lipinski definition) is 5. The van der Waals surface area contributed by atoms with E-state index in [4.69, 9.17) is 9.47 Å². The van der Waals surface area contributed by atoms with E-state index in [0.717, 1.165) is 22.0 Å². The van der Waals surface area contributed by atoms with Gasteiger partial charge in [0.25, 0.3) is 5.91 Å². The zero-order valence-corrected chi connectivity index (χ0v) is 19.8. The number of methoxy groups -OCH3 is 1. The monoisotopic (exact) mass is 479 g/mol. The number of ether oxygens (including phenoxy) is 2. The number of carbonyl (C=O) groups excluding carboxylic acids is 2. The minimum Gasteiger partial charge on any atom is -0.489 e. The summed E-state index contributed by atoms with van der Waals surface area (Å²) in [5, 5.41) is 13.5. The molecule has 1 amide bonds. The molecule has 0 saturated carbocycles. The number of esters is 1. The van der Waals surface area contributed by atoms with Crippen LogP contribution in [0.15, 0.2) is 84.6 Å². The van der Waals surface area contributed by atoms with Crippen LogP contribution in [0.25, 0.3) is 17.0 Å². The van der Waals surface area contributed by atoms with E-state index in [2.05, 4.69) is 10.3 Å². The fraction of sp³-hybridized carbons (Fsp3) is 0.138. The molecule has 1 aromatic heterocycles. The largest absolute Gasteiger partial charge is 0.489 e. The Labute approximate surface area is 209 Å². The number of aromatic nitrogens is 1. The Balaban J connectivity index is 1.34. The fourth-order valence-electron chi connectivity index (χ4n) is 3.78. The third-order valence-corrected chi connectivity index (χ3v) is 5.67. The SMILES string of the molecule is COC(=O)c1ccc(COc2cccc(C=C(C#N)C(=O)NCCc3c[nH]c4ccccc34)c2)cc1. The summed E-state index contributed by atoms with van der Waals surface area (Å²) in [6, 6.07) is 24.1. The quantitative estimate of drug-likeness (QED) is 0.204. The van der Waals surface area contributed by atoms with Crippen LogP contribution in [0.1, 0.15) is 27.0 Å². The van der Waals surface area contributed by atoms with E-state index in [-0.39, 0.29) is 5.57 Å². The predicted molar refractivity (Wildman–Crippen MR) is 137 cm³/mol. The number of nitrogens with one attached hydrogen (secondary N) is 2. The van der Waals surface area contributed by atoms with Crippen molar-refractivity contribution < 1.29 is 19.1 Å². The van der Waals surface area contributed by atoms with Crippen molar-refractivity contribution in [3.8, 4) is 11.8 Å². The number of para-hydroxylation sites is 1. The van der Waals surface area contributed by atoms with Gasteiger partial charge in [-0.2, -0.15) is 5.26 Å². The van der Waals surface area contributed by atoms with Crippen molar-refractivity contribution in [2.75, 3.05) is 13.7 Å². The Morgan fingerprint density at radius 3 is 2.64 bits per heavy atom. The maximum absolute atomic E-state index is 12.6. The highest BCUT2D eigenvalue weighted by molar-refractivity contribution is 6.01. The molecule has 0 fully saturated rings. The zero-order chi connectivity index (χ0) is 25.3. The van der Waals surface area contributed by atoms with Gasteiger partial charge in [-0.05, 0) is 59.5 Å². The van der Waals surface area contributed by atoms with E-state index in [0.29, 0.717) is 36.4 Å². The van der Waals surface area contributed by atoms with Crippen molar-refractivity contribution in [1.82, 2.24) is 10.3 Å². The van der Waals surface area contributed by atoms with Crippen LogP contribution < -0.4 is 10.1 Å². The molecule has 0 aliphatic carbocycles. The summed E-state index contributed by atoms with van der Waals surface area (Å²) in [5.41, 5.74) is 4.21. The average Bonchev–Trinajstić information content (AvgIpc) is 3.33. The minimum atomic E-state index is -0.422. The third kappa shape index (κ3) is 5.99. The average molecular weight is 480 g/mol. The molecule has 0 aliphatic rings. The van der Waals surface area contributed by atoms with Crippen LogP contribution in [0.4, 0.5) is 0 Å². The van der Waals surface area contributed by atoms with Gasteiger partial charge < -0.3 is 19.8 Å². The van der Waals surface area contributed by atoms with Crippen molar-refractivity contribution in [3.63, 3.8) is 0 Å². The number of aromatic amines is 1. The third-order valence-electron chi connectivity index (χ3n) is 5.67. The van der Waals surface area contributed by atoms with Crippen molar-refractivity contribution >= 4 is 28.9 Å². The first-order valence-corrected chi connectivity index (χ1v) is 11.4. The molecular weight excluding hydrogens is 454 g/mol. The molecule has 7 nitrogen and oxygen atoms in total. The molecular formula is C29H25N3O4. The number of nitriles is 1. The zero-order valence-electron chi connectivity index (χ0n) is 19.8. The van der Waals surface area contributed by atoms with Crippen LogP contribution in [0.3, 0.4) is 0 Å². The summed E-state index contributed by atoms with van der Waals surface area (Å²) in [7, 11) is 1.34. The van der Waals surface area contributed by atoms with Gasteiger partial charge in [0.05, 0.1) is 12.7 Å². The molecule has 4 rings (SSSR count). The van der Waals surface area contributed by atoms with Gasteiger partial charge in [0.2, 0.25) is 0 Å². The van der Waals surface area contributed by atoms with Gasteiger partial charge in [0.1, 0.15) is 24.0 Å². The summed E-state index contributed by atoms with van der Waals surface area (Å²) in [6.07, 6.45) is 4.13. The number of nitrogens with zero attached hydrogens (tertiary/aromatic N) is 1. The molecule has 4 aromatic rings. The van der Waals surface area contributed by atoms with Gasteiger partial charge in [-0.3, -0.25) is 4.79 Å². The highest BCUT2D eigenvalue weighted by Crippen LogP contribution is 2.19. The summed E-state index contributed by atoms with van der Waals surface area (Å²) in [4.78, 5) is 27.4. The fourth-order valence-corrected chi connectivity index (χ4v) is 3.78. The van der Waals surface area contributed by atoms with Crippen molar-refractivity contribution in [2.24, 2.45) is 0 Å². The lowest BCUT2D eigenvalue weighted by Crippen LogP contribution is -2.26. The molecule has 1 heterocycles. The Morgan fingerprint density at radius 1 is 1.06 bits per heavy atom. The molecule has 0 bridgehead atoms. The lowest BCUT2D eigenvalue weighted by molar-refractivity contribution is -0.117. The van der Waals surface area contributed by atoms with Gasteiger partial charge in [0, 0.05) is 23.6 Å². The molecule has 36 heavy (non-hydrogen) atoms. The lowest BCUT2D eigenvalue weighted by Gasteiger charge is -2.08. The van der Waals surface area contributed by atoms with Crippen LogP contribution >= 0.6 is 0 Å². The van der Waals surface area contributed by atoms with E-state index in [1.54, 1.807) is 54.6 Å². The molecule has 0 aliphatic heterocycles. The first-order chi connectivity index (χ1) is 17.6. The number of rotatable bonds is 9. The van der Waals surface area contributed by atoms with Crippen molar-refractivity contribution in [1.29, 1.82) is 5.26 Å². The van der Waals surface area contributed by atoms with Crippen LogP contribution in [-0.2, 0) is 22.6 Å².